The summed E-state index contributed by atoms with van der Waals surface area (Å²) in [4.78, 5) is 25.9. The molecule has 4 nitrogen and oxygen atoms in total. The number of hydrogen-bond acceptors (Lipinski definition) is 3. The Hall–Kier alpha value is -1.06. The van der Waals surface area contributed by atoms with Crippen molar-refractivity contribution in [3.05, 3.63) is 0 Å². The van der Waals surface area contributed by atoms with Gasteiger partial charge in [0.15, 0.2) is 0 Å². The van der Waals surface area contributed by atoms with E-state index >= 15 is 0 Å². The van der Waals surface area contributed by atoms with Crippen LogP contribution in [0.1, 0.15) is 70.6 Å². The van der Waals surface area contributed by atoms with Crippen molar-refractivity contribution in [1.82, 2.24) is 4.90 Å². The Balaban J connectivity index is 1.76. The predicted molar refractivity (Wildman–Crippen MR) is 81.8 cm³/mol. The summed E-state index contributed by atoms with van der Waals surface area (Å²) in [5.41, 5.74) is 0. The first kappa shape index (κ1) is 16.3. The molecule has 2 aliphatic rings. The van der Waals surface area contributed by atoms with Crippen LogP contribution in [-0.4, -0.2) is 36.5 Å². The molecule has 1 heterocycles. The largest absolute Gasteiger partial charge is 0.467 e. The number of amides is 1. The summed E-state index contributed by atoms with van der Waals surface area (Å²) in [5, 5.41) is 0. The minimum atomic E-state index is -0.342. The van der Waals surface area contributed by atoms with Gasteiger partial charge in [0.1, 0.15) is 6.04 Å². The predicted octanol–water partition coefficient (Wildman–Crippen LogP) is 3.29. The fourth-order valence-corrected chi connectivity index (χ4v) is 3.77. The molecule has 0 aromatic rings. The summed E-state index contributed by atoms with van der Waals surface area (Å²) in [6.45, 7) is 0.710. The molecule has 1 unspecified atom stereocenters. The molecule has 1 aliphatic carbocycles. The summed E-state index contributed by atoms with van der Waals surface area (Å²) in [7, 11) is 1.41. The van der Waals surface area contributed by atoms with Gasteiger partial charge in [-0.2, -0.15) is 0 Å². The van der Waals surface area contributed by atoms with Crippen LogP contribution >= 0.6 is 0 Å². The van der Waals surface area contributed by atoms with Crippen molar-refractivity contribution in [2.24, 2.45) is 5.92 Å². The van der Waals surface area contributed by atoms with Gasteiger partial charge in [0, 0.05) is 13.0 Å². The number of nitrogens with zero attached hydrogens (tertiary/aromatic N) is 1. The van der Waals surface area contributed by atoms with E-state index in [-0.39, 0.29) is 17.9 Å². The molecule has 21 heavy (non-hydrogen) atoms. The maximum atomic E-state index is 12.4. The minimum Gasteiger partial charge on any atom is -0.467 e. The summed E-state index contributed by atoms with van der Waals surface area (Å²) in [6.07, 6.45) is 12.2. The number of rotatable bonds is 5. The quantitative estimate of drug-likeness (QED) is 0.731. The average Bonchev–Trinajstić information content (AvgIpc) is 2.55. The molecule has 0 bridgehead atoms. The molecule has 0 radical (unpaired) electrons. The topological polar surface area (TPSA) is 46.6 Å². The number of piperidine rings is 1. The van der Waals surface area contributed by atoms with Gasteiger partial charge in [0.2, 0.25) is 5.91 Å². The summed E-state index contributed by atoms with van der Waals surface area (Å²) >= 11 is 0. The Labute approximate surface area is 128 Å². The van der Waals surface area contributed by atoms with E-state index in [0.717, 1.165) is 31.6 Å². The Morgan fingerprint density at radius 1 is 1.05 bits per heavy atom. The second-order valence-corrected chi connectivity index (χ2v) is 6.52. The van der Waals surface area contributed by atoms with E-state index in [4.69, 9.17) is 4.74 Å². The zero-order valence-corrected chi connectivity index (χ0v) is 13.3. The van der Waals surface area contributed by atoms with E-state index in [1.807, 2.05) is 0 Å². The molecule has 1 saturated heterocycles. The van der Waals surface area contributed by atoms with Crippen LogP contribution in [0.5, 0.6) is 0 Å². The SMILES string of the molecule is COC(=O)C1CCCCN1C(=O)CCCC1CCCCC1. The highest BCUT2D eigenvalue weighted by Crippen LogP contribution is 2.28. The maximum absolute atomic E-state index is 12.4. The average molecular weight is 295 g/mol. The second kappa shape index (κ2) is 8.40. The molecule has 2 rings (SSSR count). The number of hydrogen-bond donors (Lipinski definition) is 0. The Bertz CT molecular complexity index is 350. The number of carbonyl (C=O) groups is 2. The van der Waals surface area contributed by atoms with Crippen molar-refractivity contribution in [3.63, 3.8) is 0 Å². The Morgan fingerprint density at radius 2 is 1.76 bits per heavy atom. The van der Waals surface area contributed by atoms with E-state index in [1.165, 1.54) is 45.6 Å². The normalized spacial score (nSPS) is 23.9. The lowest BCUT2D eigenvalue weighted by molar-refractivity contribution is -0.154. The molecule has 4 heteroatoms. The lowest BCUT2D eigenvalue weighted by Crippen LogP contribution is -2.48. The van der Waals surface area contributed by atoms with Gasteiger partial charge in [-0.25, -0.2) is 4.79 Å². The van der Waals surface area contributed by atoms with Crippen molar-refractivity contribution in [2.75, 3.05) is 13.7 Å². The third kappa shape index (κ3) is 4.72. The van der Waals surface area contributed by atoms with Gasteiger partial charge in [0.25, 0.3) is 0 Å². The number of ether oxygens (including phenoxy) is 1. The van der Waals surface area contributed by atoms with Gasteiger partial charge < -0.3 is 9.64 Å². The van der Waals surface area contributed by atoms with Crippen molar-refractivity contribution in [1.29, 1.82) is 0 Å². The molecule has 1 aliphatic heterocycles. The van der Waals surface area contributed by atoms with Gasteiger partial charge >= 0.3 is 5.97 Å². The minimum absolute atomic E-state index is 0.140. The van der Waals surface area contributed by atoms with Crippen LogP contribution in [0.25, 0.3) is 0 Å². The lowest BCUT2D eigenvalue weighted by atomic mass is 9.86. The monoisotopic (exact) mass is 295 g/mol. The van der Waals surface area contributed by atoms with Crippen LogP contribution in [0.2, 0.25) is 0 Å². The number of esters is 1. The number of likely N-dealkylation sites (tertiary alicyclic amines) is 1. The summed E-state index contributed by atoms with van der Waals surface area (Å²) in [6, 6.07) is -0.342. The van der Waals surface area contributed by atoms with Gasteiger partial charge in [0.05, 0.1) is 7.11 Å². The van der Waals surface area contributed by atoms with E-state index in [2.05, 4.69) is 0 Å². The molecule has 120 valence electrons. The molecule has 0 aromatic carbocycles. The van der Waals surface area contributed by atoms with E-state index in [0.29, 0.717) is 13.0 Å². The summed E-state index contributed by atoms with van der Waals surface area (Å²) < 4.78 is 4.84. The highest BCUT2D eigenvalue weighted by atomic mass is 16.5. The first-order valence-electron chi connectivity index (χ1n) is 8.59. The van der Waals surface area contributed by atoms with E-state index in [1.54, 1.807) is 4.90 Å². The molecule has 0 spiro atoms. The molecule has 1 saturated carbocycles. The third-order valence-corrected chi connectivity index (χ3v) is 5.02. The molecular formula is C17H29NO3. The smallest absolute Gasteiger partial charge is 0.328 e. The standard InChI is InChI=1S/C17H29NO3/c1-21-17(20)15-11-5-6-13-18(15)16(19)12-7-10-14-8-3-2-4-9-14/h14-15H,2-13H2,1H3. The van der Waals surface area contributed by atoms with Gasteiger partial charge in [-0.3, -0.25) is 4.79 Å². The van der Waals surface area contributed by atoms with Gasteiger partial charge in [-0.05, 0) is 38.0 Å². The van der Waals surface area contributed by atoms with Crippen LogP contribution in [0, 0.1) is 5.92 Å². The van der Waals surface area contributed by atoms with Crippen molar-refractivity contribution in [2.45, 2.75) is 76.7 Å². The van der Waals surface area contributed by atoms with Crippen molar-refractivity contribution >= 4 is 11.9 Å². The number of methoxy groups -OCH3 is 1. The molecule has 2 fully saturated rings. The highest BCUT2D eigenvalue weighted by Gasteiger charge is 2.32. The fourth-order valence-electron chi connectivity index (χ4n) is 3.77. The third-order valence-electron chi connectivity index (χ3n) is 5.02. The van der Waals surface area contributed by atoms with Gasteiger partial charge in [-0.1, -0.05) is 32.1 Å². The van der Waals surface area contributed by atoms with Crippen LogP contribution in [0.3, 0.4) is 0 Å². The molecule has 0 aromatic heterocycles. The zero-order chi connectivity index (χ0) is 15.1. The first-order chi connectivity index (χ1) is 10.2. The van der Waals surface area contributed by atoms with Crippen LogP contribution in [-0.2, 0) is 14.3 Å². The van der Waals surface area contributed by atoms with Gasteiger partial charge in [-0.15, -0.1) is 0 Å². The molecule has 0 N–H and O–H groups in total. The molecule has 1 atom stereocenters. The summed E-state index contributed by atoms with van der Waals surface area (Å²) in [5.74, 6) is 0.709. The van der Waals surface area contributed by atoms with E-state index < -0.39 is 0 Å². The Kier molecular flexibility index (Phi) is 6.52. The maximum Gasteiger partial charge on any atom is 0.328 e. The molecule has 1 amide bonds. The fraction of sp³-hybridized carbons (Fsp3) is 0.882. The van der Waals surface area contributed by atoms with Crippen LogP contribution in [0.15, 0.2) is 0 Å². The Morgan fingerprint density at radius 3 is 2.48 bits per heavy atom. The second-order valence-electron chi connectivity index (χ2n) is 6.52. The van der Waals surface area contributed by atoms with Crippen LogP contribution in [0.4, 0.5) is 0 Å². The highest BCUT2D eigenvalue weighted by molar-refractivity contribution is 5.84. The lowest BCUT2D eigenvalue weighted by Gasteiger charge is -2.34. The first-order valence-corrected chi connectivity index (χ1v) is 8.59. The van der Waals surface area contributed by atoms with E-state index in [9.17, 15) is 9.59 Å². The van der Waals surface area contributed by atoms with Crippen molar-refractivity contribution < 1.29 is 14.3 Å². The van der Waals surface area contributed by atoms with Crippen LogP contribution < -0.4 is 0 Å². The zero-order valence-electron chi connectivity index (χ0n) is 13.3. The van der Waals surface area contributed by atoms with Crippen molar-refractivity contribution in [3.8, 4) is 0 Å². The number of carbonyl (C=O) groups excluding carboxylic acids is 2. The molecular weight excluding hydrogens is 266 g/mol.